The number of hydrogen-bond acceptors (Lipinski definition) is 4. The Balaban J connectivity index is 1.74. The summed E-state index contributed by atoms with van der Waals surface area (Å²) in [6, 6.07) is 5.75. The average Bonchev–Trinajstić information content (AvgIpc) is 3.10. The van der Waals surface area contributed by atoms with Crippen molar-refractivity contribution in [2.24, 2.45) is 0 Å². The summed E-state index contributed by atoms with van der Waals surface area (Å²) in [7, 11) is -3.34. The zero-order valence-electron chi connectivity index (χ0n) is 12.6. The van der Waals surface area contributed by atoms with Crippen molar-refractivity contribution in [1.82, 2.24) is 5.32 Å². The van der Waals surface area contributed by atoms with Gasteiger partial charge in [0.15, 0.2) is 9.84 Å². The summed E-state index contributed by atoms with van der Waals surface area (Å²) in [5.41, 5.74) is -0.881. The minimum atomic E-state index is -3.34. The first-order chi connectivity index (χ1) is 10.8. The molecule has 2 N–H and O–H groups in total. The Hall–Kier alpha value is -1.89. The van der Waals surface area contributed by atoms with Crippen LogP contribution in [0.4, 0.5) is 0 Å². The molecular weight excluding hydrogens is 318 g/mol. The molecule has 7 heteroatoms. The van der Waals surface area contributed by atoms with Crippen LogP contribution in [0.2, 0.25) is 0 Å². The van der Waals surface area contributed by atoms with Crippen molar-refractivity contribution in [1.29, 1.82) is 0 Å². The molecule has 6 nitrogen and oxygen atoms in total. The maximum absolute atomic E-state index is 12.5. The van der Waals surface area contributed by atoms with E-state index < -0.39 is 27.3 Å². The van der Waals surface area contributed by atoms with Gasteiger partial charge in [0.25, 0.3) is 5.91 Å². The van der Waals surface area contributed by atoms with E-state index in [1.54, 1.807) is 0 Å². The number of rotatable bonds is 5. The summed E-state index contributed by atoms with van der Waals surface area (Å²) in [4.78, 5) is 23.4. The van der Waals surface area contributed by atoms with Gasteiger partial charge >= 0.3 is 5.97 Å². The summed E-state index contributed by atoms with van der Waals surface area (Å²) >= 11 is 0. The summed E-state index contributed by atoms with van der Waals surface area (Å²) in [6.07, 6.45) is 4.07. The lowest BCUT2D eigenvalue weighted by Gasteiger charge is -2.14. The van der Waals surface area contributed by atoms with Gasteiger partial charge in [-0.25, -0.2) is 13.2 Å². The van der Waals surface area contributed by atoms with Crippen LogP contribution in [0.3, 0.4) is 0 Å². The summed E-state index contributed by atoms with van der Waals surface area (Å²) < 4.78 is 24.9. The predicted molar refractivity (Wildman–Crippen MR) is 83.0 cm³/mol. The third-order valence-electron chi connectivity index (χ3n) is 4.70. The molecule has 0 spiro atoms. The van der Waals surface area contributed by atoms with Gasteiger partial charge < -0.3 is 10.4 Å². The van der Waals surface area contributed by atoms with Gasteiger partial charge in [-0.15, -0.1) is 0 Å². The maximum atomic E-state index is 12.5. The molecule has 124 valence electrons. The Morgan fingerprint density at radius 3 is 2.13 bits per heavy atom. The van der Waals surface area contributed by atoms with Gasteiger partial charge in [-0.3, -0.25) is 4.79 Å². The van der Waals surface area contributed by atoms with Crippen LogP contribution < -0.4 is 5.32 Å². The number of sulfone groups is 1. The quantitative estimate of drug-likeness (QED) is 0.852. The molecular formula is C16H19NO5S. The first-order valence-corrected chi connectivity index (χ1v) is 9.30. The van der Waals surface area contributed by atoms with E-state index in [4.69, 9.17) is 5.11 Å². The molecule has 0 heterocycles. The van der Waals surface area contributed by atoms with E-state index in [1.165, 1.54) is 24.3 Å². The van der Waals surface area contributed by atoms with Crippen LogP contribution in [0.1, 0.15) is 48.9 Å². The zero-order chi connectivity index (χ0) is 16.7. The number of carbonyl (C=O) groups is 2. The number of hydrogen-bond donors (Lipinski definition) is 2. The fourth-order valence-corrected chi connectivity index (χ4v) is 4.85. The monoisotopic (exact) mass is 337 g/mol. The Kier molecular flexibility index (Phi) is 3.91. The second-order valence-corrected chi connectivity index (χ2v) is 8.55. The number of amides is 1. The molecule has 0 radical (unpaired) electrons. The standard InChI is InChI=1S/C16H19NO5S/c18-14(17-16(9-10-16)15(19)20)11-5-7-13(8-6-11)23(21,22)12-3-1-2-4-12/h5-8,12H,1-4,9-10H2,(H,17,18)(H,19,20). The minimum absolute atomic E-state index is 0.223. The van der Waals surface area contributed by atoms with Crippen molar-refractivity contribution in [2.75, 3.05) is 0 Å². The smallest absolute Gasteiger partial charge is 0.329 e. The van der Waals surface area contributed by atoms with Crippen LogP contribution >= 0.6 is 0 Å². The van der Waals surface area contributed by atoms with E-state index in [-0.39, 0.29) is 15.7 Å². The summed E-state index contributed by atoms with van der Waals surface area (Å²) in [5, 5.41) is 11.3. The SMILES string of the molecule is O=C(NC1(C(=O)O)CC1)c1ccc(S(=O)(=O)C2CCCC2)cc1. The van der Waals surface area contributed by atoms with E-state index in [2.05, 4.69) is 5.32 Å². The van der Waals surface area contributed by atoms with Crippen molar-refractivity contribution in [3.05, 3.63) is 29.8 Å². The lowest BCUT2D eigenvalue weighted by atomic mass is 10.2. The number of benzene rings is 1. The maximum Gasteiger partial charge on any atom is 0.329 e. The molecule has 0 unspecified atom stereocenters. The molecule has 1 aromatic carbocycles. The van der Waals surface area contributed by atoms with Crippen molar-refractivity contribution in [3.63, 3.8) is 0 Å². The van der Waals surface area contributed by atoms with E-state index in [0.717, 1.165) is 12.8 Å². The van der Waals surface area contributed by atoms with Crippen LogP contribution in [-0.2, 0) is 14.6 Å². The molecule has 2 aliphatic rings. The predicted octanol–water partition coefficient (Wildman–Crippen LogP) is 1.75. The number of carboxylic acid groups (broad SMARTS) is 1. The number of carboxylic acids is 1. The molecule has 0 aliphatic heterocycles. The molecule has 2 saturated carbocycles. The Morgan fingerprint density at radius 1 is 1.09 bits per heavy atom. The summed E-state index contributed by atoms with van der Waals surface area (Å²) in [6.45, 7) is 0. The molecule has 23 heavy (non-hydrogen) atoms. The molecule has 0 bridgehead atoms. The highest BCUT2D eigenvalue weighted by Crippen LogP contribution is 2.36. The van der Waals surface area contributed by atoms with Gasteiger partial charge in [0.2, 0.25) is 0 Å². The fraction of sp³-hybridized carbons (Fsp3) is 0.500. The minimum Gasteiger partial charge on any atom is -0.480 e. The summed E-state index contributed by atoms with van der Waals surface area (Å²) in [5.74, 6) is -1.53. The highest BCUT2D eigenvalue weighted by Gasteiger charge is 2.51. The Morgan fingerprint density at radius 2 is 1.65 bits per heavy atom. The highest BCUT2D eigenvalue weighted by molar-refractivity contribution is 7.92. The van der Waals surface area contributed by atoms with Gasteiger partial charge in [0, 0.05) is 5.56 Å². The van der Waals surface area contributed by atoms with Crippen molar-refractivity contribution in [2.45, 2.75) is 54.2 Å². The topological polar surface area (TPSA) is 101 Å². The third kappa shape index (κ3) is 2.97. The molecule has 0 atom stereocenters. The van der Waals surface area contributed by atoms with Crippen molar-refractivity contribution in [3.8, 4) is 0 Å². The van der Waals surface area contributed by atoms with Crippen LogP contribution in [0.5, 0.6) is 0 Å². The second kappa shape index (κ2) is 5.63. The molecule has 2 aliphatic carbocycles. The first kappa shape index (κ1) is 16.0. The molecule has 0 saturated heterocycles. The van der Waals surface area contributed by atoms with E-state index >= 15 is 0 Å². The number of aliphatic carboxylic acids is 1. The van der Waals surface area contributed by atoms with Gasteiger partial charge in [0.05, 0.1) is 10.1 Å². The molecule has 3 rings (SSSR count). The van der Waals surface area contributed by atoms with Crippen LogP contribution in [0.25, 0.3) is 0 Å². The Bertz CT molecular complexity index is 728. The van der Waals surface area contributed by atoms with E-state index in [0.29, 0.717) is 25.7 Å². The largest absolute Gasteiger partial charge is 0.480 e. The fourth-order valence-electron chi connectivity index (χ4n) is 2.99. The van der Waals surface area contributed by atoms with Crippen LogP contribution in [0.15, 0.2) is 29.2 Å². The van der Waals surface area contributed by atoms with Gasteiger partial charge in [-0.1, -0.05) is 12.8 Å². The molecule has 2 fully saturated rings. The van der Waals surface area contributed by atoms with Crippen molar-refractivity contribution >= 4 is 21.7 Å². The third-order valence-corrected chi connectivity index (χ3v) is 6.98. The molecule has 1 aromatic rings. The lowest BCUT2D eigenvalue weighted by Crippen LogP contribution is -2.43. The zero-order valence-corrected chi connectivity index (χ0v) is 13.4. The van der Waals surface area contributed by atoms with Gasteiger partial charge in [0.1, 0.15) is 5.54 Å². The second-order valence-electron chi connectivity index (χ2n) is 6.32. The number of nitrogens with one attached hydrogen (secondary N) is 1. The lowest BCUT2D eigenvalue weighted by molar-refractivity contribution is -0.140. The van der Waals surface area contributed by atoms with Gasteiger partial charge in [-0.05, 0) is 49.9 Å². The average molecular weight is 337 g/mol. The number of carbonyl (C=O) groups excluding carboxylic acids is 1. The normalized spacial score (nSPS) is 20.2. The van der Waals surface area contributed by atoms with Gasteiger partial charge in [-0.2, -0.15) is 0 Å². The Labute approximate surface area is 134 Å². The van der Waals surface area contributed by atoms with Crippen LogP contribution in [-0.4, -0.2) is 36.2 Å². The highest BCUT2D eigenvalue weighted by atomic mass is 32.2. The first-order valence-electron chi connectivity index (χ1n) is 7.75. The van der Waals surface area contributed by atoms with E-state index in [1.807, 2.05) is 0 Å². The molecule has 0 aromatic heterocycles. The molecule has 1 amide bonds. The van der Waals surface area contributed by atoms with Crippen LogP contribution in [0, 0.1) is 0 Å². The van der Waals surface area contributed by atoms with E-state index in [9.17, 15) is 18.0 Å². The van der Waals surface area contributed by atoms with Crippen molar-refractivity contribution < 1.29 is 23.1 Å².